The van der Waals surface area contributed by atoms with Gasteiger partial charge in [-0.05, 0) is 7.05 Å². The molecular weight excluding hydrogens is 462 g/mol. The van der Waals surface area contributed by atoms with Gasteiger partial charge in [-0.3, -0.25) is 0 Å². The topological polar surface area (TPSA) is 162 Å². The minimum atomic E-state index is -2.05. The molecule has 6 fully saturated rings. The predicted molar refractivity (Wildman–Crippen MR) is 118 cm³/mol. The van der Waals surface area contributed by atoms with Gasteiger partial charge in [-0.1, -0.05) is 0 Å². The van der Waals surface area contributed by atoms with Gasteiger partial charge in [0.2, 0.25) is 0 Å². The maximum Gasteiger partial charge on any atom is 0.122 e. The molecule has 6 N–H and O–H groups in total. The average molecular weight is 502 g/mol. The Labute approximate surface area is 204 Å². The molecule has 1 aliphatic heterocycles. The van der Waals surface area contributed by atoms with Gasteiger partial charge in [0.25, 0.3) is 0 Å². The number of hydrogen-bond donors (Lipinski definition) is 6. The van der Waals surface area contributed by atoms with Crippen LogP contribution in [0.2, 0.25) is 0 Å². The van der Waals surface area contributed by atoms with Gasteiger partial charge in [-0.2, -0.15) is 0 Å². The van der Waals surface area contributed by atoms with Crippen LogP contribution in [0.5, 0.6) is 0 Å². The highest BCUT2D eigenvalue weighted by molar-refractivity contribution is 5.44. The Balaban J connectivity index is 1.72. The van der Waals surface area contributed by atoms with Crippen molar-refractivity contribution >= 4 is 0 Å². The lowest BCUT2D eigenvalue weighted by Crippen LogP contribution is -2.85. The Morgan fingerprint density at radius 3 is 2.17 bits per heavy atom. The fraction of sp³-hybridized carbons (Fsp3) is 1.00. The second-order valence-corrected chi connectivity index (χ2v) is 12.1. The first kappa shape index (κ1) is 24.9. The molecular formula is C24H39NO10. The van der Waals surface area contributed by atoms with Gasteiger partial charge in [0.1, 0.15) is 23.4 Å². The SMILES string of the molecule is COCC12CN(C)C3C4C(OC)C1C3(C(OC)CC2O)C1(O)CC2(O)C(O)C1C4(O)C(O)C2OC. The highest BCUT2D eigenvalue weighted by Crippen LogP contribution is 2.80. The molecule has 11 nitrogen and oxygen atoms in total. The second-order valence-electron chi connectivity index (χ2n) is 12.1. The number of nitrogens with zero attached hydrogens (tertiary/aromatic N) is 1. The van der Waals surface area contributed by atoms with Crippen molar-refractivity contribution < 1.29 is 49.6 Å². The molecule has 5 saturated carbocycles. The third kappa shape index (κ3) is 2.19. The van der Waals surface area contributed by atoms with Crippen molar-refractivity contribution in [3.05, 3.63) is 0 Å². The summed E-state index contributed by atoms with van der Waals surface area (Å²) in [5, 5.41) is 71.8. The van der Waals surface area contributed by atoms with Crippen molar-refractivity contribution in [2.24, 2.45) is 28.6 Å². The normalized spacial score (nSPS) is 64.5. The van der Waals surface area contributed by atoms with Crippen LogP contribution in [0.3, 0.4) is 0 Å². The first-order chi connectivity index (χ1) is 16.4. The molecule has 0 amide bonds. The van der Waals surface area contributed by atoms with Crippen LogP contribution in [0.4, 0.5) is 0 Å². The van der Waals surface area contributed by atoms with Crippen molar-refractivity contribution in [2.75, 3.05) is 48.6 Å². The van der Waals surface area contributed by atoms with E-state index in [-0.39, 0.29) is 19.4 Å². The minimum absolute atomic E-state index is 0.176. The summed E-state index contributed by atoms with van der Waals surface area (Å²) in [5.41, 5.74) is -7.95. The number of hydrogen-bond acceptors (Lipinski definition) is 11. The quantitative estimate of drug-likeness (QED) is 0.227. The molecule has 1 spiro atoms. The largest absolute Gasteiger partial charge is 0.392 e. The van der Waals surface area contributed by atoms with Gasteiger partial charge in [0.15, 0.2) is 0 Å². The summed E-state index contributed by atoms with van der Waals surface area (Å²) in [5.74, 6) is -2.62. The summed E-state index contributed by atoms with van der Waals surface area (Å²) >= 11 is 0. The number of methoxy groups -OCH3 is 4. The minimum Gasteiger partial charge on any atom is -0.392 e. The molecule has 1 heterocycles. The molecule has 35 heavy (non-hydrogen) atoms. The van der Waals surface area contributed by atoms with Crippen LogP contribution in [0, 0.1) is 28.6 Å². The number of aliphatic hydroxyl groups is 6. The molecule has 200 valence electrons. The highest BCUT2D eigenvalue weighted by Gasteiger charge is 2.94. The number of piperidine rings is 1. The molecule has 0 radical (unpaired) electrons. The van der Waals surface area contributed by atoms with E-state index in [1.54, 1.807) is 7.11 Å². The molecule has 1 saturated heterocycles. The van der Waals surface area contributed by atoms with E-state index in [2.05, 4.69) is 0 Å². The Morgan fingerprint density at radius 1 is 0.914 bits per heavy atom. The maximum absolute atomic E-state index is 12.9. The molecule has 0 aromatic carbocycles. The van der Waals surface area contributed by atoms with Crippen LogP contribution in [-0.2, 0) is 18.9 Å². The molecule has 15 atom stereocenters. The first-order valence-corrected chi connectivity index (χ1v) is 12.4. The summed E-state index contributed by atoms with van der Waals surface area (Å²) in [6.45, 7) is 0.592. The standard InChI is InChI=1S/C24H39NO10/c1-25-8-20(9-32-2)10(26)6-11(33-3)23-14(20)13(34-4)12(16(23)25)24(31)15-17(27)21(29,7-22(15,23)30)19(35-5)18(24)28/h10-19,26-31H,6-9H2,1-5H3. The van der Waals surface area contributed by atoms with Gasteiger partial charge < -0.3 is 54.5 Å². The van der Waals surface area contributed by atoms with Gasteiger partial charge in [-0.15, -0.1) is 0 Å². The number of rotatable bonds is 5. The van der Waals surface area contributed by atoms with Gasteiger partial charge in [0.05, 0.1) is 36.6 Å². The Hall–Kier alpha value is -0.440. The van der Waals surface area contributed by atoms with Crippen molar-refractivity contribution in [3.8, 4) is 0 Å². The Kier molecular flexibility index (Phi) is 5.08. The summed E-state index contributed by atoms with van der Waals surface area (Å²) in [6, 6.07) is -0.536. The molecule has 6 aliphatic rings. The van der Waals surface area contributed by atoms with Crippen LogP contribution in [-0.4, -0.2) is 144 Å². The van der Waals surface area contributed by atoms with Crippen LogP contribution >= 0.6 is 0 Å². The lowest BCUT2D eigenvalue weighted by Gasteiger charge is -2.71. The fourth-order valence-electron chi connectivity index (χ4n) is 10.9. The monoisotopic (exact) mass is 501 g/mol. The maximum atomic E-state index is 12.9. The van der Waals surface area contributed by atoms with E-state index in [0.717, 1.165) is 0 Å². The lowest BCUT2D eigenvalue weighted by atomic mass is 9.41. The summed E-state index contributed by atoms with van der Waals surface area (Å²) in [6.07, 6.45) is -6.85. The number of ether oxygens (including phenoxy) is 4. The third-order valence-electron chi connectivity index (χ3n) is 11.5. The van der Waals surface area contributed by atoms with E-state index >= 15 is 0 Å². The average Bonchev–Trinajstić information content (AvgIpc) is 3.16. The zero-order valence-electron chi connectivity index (χ0n) is 20.9. The van der Waals surface area contributed by atoms with Crippen LogP contribution < -0.4 is 0 Å². The third-order valence-corrected chi connectivity index (χ3v) is 11.5. The van der Waals surface area contributed by atoms with Crippen molar-refractivity contribution in [2.45, 2.75) is 72.3 Å². The Morgan fingerprint density at radius 2 is 1.60 bits per heavy atom. The smallest absolute Gasteiger partial charge is 0.122 e. The molecule has 0 aromatic rings. The van der Waals surface area contributed by atoms with Crippen LogP contribution in [0.25, 0.3) is 0 Å². The van der Waals surface area contributed by atoms with E-state index in [4.69, 9.17) is 18.9 Å². The van der Waals surface area contributed by atoms with E-state index in [1.807, 2.05) is 11.9 Å². The summed E-state index contributed by atoms with van der Waals surface area (Å²) in [7, 11) is 7.80. The number of aliphatic hydroxyl groups excluding tert-OH is 3. The van der Waals surface area contributed by atoms with Crippen LogP contribution in [0.1, 0.15) is 12.8 Å². The van der Waals surface area contributed by atoms with E-state index < -0.39 is 88.1 Å². The molecule has 6 rings (SSSR count). The molecule has 7 bridgehead atoms. The molecule has 0 aromatic heterocycles. The summed E-state index contributed by atoms with van der Waals surface area (Å²) in [4.78, 5) is 2.01. The van der Waals surface area contributed by atoms with Crippen molar-refractivity contribution in [3.63, 3.8) is 0 Å². The Bertz CT molecular complexity index is 910. The fourth-order valence-corrected chi connectivity index (χ4v) is 10.9. The predicted octanol–water partition coefficient (Wildman–Crippen LogP) is -3.06. The summed E-state index contributed by atoms with van der Waals surface area (Å²) < 4.78 is 23.3. The number of fused-ring (bicyclic) bond motifs is 2. The molecule has 15 unspecified atom stereocenters. The number of likely N-dealkylation sites (tertiary alicyclic amines) is 1. The van der Waals surface area contributed by atoms with Crippen LogP contribution in [0.15, 0.2) is 0 Å². The second kappa shape index (κ2) is 7.15. The lowest BCUT2D eigenvalue weighted by molar-refractivity contribution is -0.353. The van der Waals surface area contributed by atoms with E-state index in [9.17, 15) is 30.6 Å². The van der Waals surface area contributed by atoms with Gasteiger partial charge >= 0.3 is 0 Å². The van der Waals surface area contributed by atoms with Gasteiger partial charge in [-0.25, -0.2) is 0 Å². The van der Waals surface area contributed by atoms with Crippen molar-refractivity contribution in [1.82, 2.24) is 4.90 Å². The van der Waals surface area contributed by atoms with E-state index in [0.29, 0.717) is 6.54 Å². The highest BCUT2D eigenvalue weighted by atomic mass is 16.5. The zero-order chi connectivity index (χ0) is 25.5. The molecule has 5 aliphatic carbocycles. The van der Waals surface area contributed by atoms with E-state index in [1.165, 1.54) is 21.3 Å². The zero-order valence-corrected chi connectivity index (χ0v) is 20.9. The first-order valence-electron chi connectivity index (χ1n) is 12.4. The van der Waals surface area contributed by atoms with Gasteiger partial charge in [0, 0.05) is 82.5 Å². The van der Waals surface area contributed by atoms with Crippen molar-refractivity contribution in [1.29, 1.82) is 0 Å². The molecule has 11 heteroatoms.